The molecule has 88 valence electrons. The van der Waals surface area contributed by atoms with Gasteiger partial charge in [-0.2, -0.15) is 0 Å². The van der Waals surface area contributed by atoms with Crippen LogP contribution >= 0.6 is 0 Å². The van der Waals surface area contributed by atoms with Gasteiger partial charge in [0.15, 0.2) is 0 Å². The predicted molar refractivity (Wildman–Crippen MR) is 66.4 cm³/mol. The quantitative estimate of drug-likeness (QED) is 0.842. The number of aromatic nitrogens is 3. The molecule has 4 heteroatoms. The Morgan fingerprint density at radius 3 is 3.06 bits per heavy atom. The third-order valence-electron chi connectivity index (χ3n) is 3.08. The van der Waals surface area contributed by atoms with Crippen LogP contribution < -0.4 is 5.32 Å². The second-order valence-corrected chi connectivity index (χ2v) is 4.60. The molecule has 2 N–H and O–H groups in total. The summed E-state index contributed by atoms with van der Waals surface area (Å²) >= 11 is 0. The molecule has 0 radical (unpaired) electrons. The van der Waals surface area contributed by atoms with Gasteiger partial charge in [0, 0.05) is 42.4 Å². The lowest BCUT2D eigenvalue weighted by molar-refractivity contribution is 0.677. The third-order valence-corrected chi connectivity index (χ3v) is 3.08. The fraction of sp³-hybridized carbons (Fsp3) is 0.385. The van der Waals surface area contributed by atoms with Gasteiger partial charge in [0.05, 0.1) is 0 Å². The summed E-state index contributed by atoms with van der Waals surface area (Å²) in [7, 11) is 0. The molecule has 1 saturated carbocycles. The summed E-state index contributed by atoms with van der Waals surface area (Å²) in [6.07, 6.45) is 8.17. The Bertz CT molecular complexity index is 514. The Morgan fingerprint density at radius 2 is 2.29 bits per heavy atom. The average molecular weight is 228 g/mol. The summed E-state index contributed by atoms with van der Waals surface area (Å²) in [6, 6.07) is 2.72. The van der Waals surface area contributed by atoms with Crippen LogP contribution in [-0.2, 0) is 6.54 Å². The standard InChI is InChI=1S/C13H16N4/c1-9-4-5-14-8-12(9)13-16-7-11(17-13)6-15-10-2-3-10/h4-5,7-8,10,15H,2-3,6H2,1H3,(H,16,17). The van der Waals surface area contributed by atoms with Gasteiger partial charge in [-0.25, -0.2) is 4.98 Å². The van der Waals surface area contributed by atoms with Crippen LogP contribution in [0.4, 0.5) is 0 Å². The summed E-state index contributed by atoms with van der Waals surface area (Å²) < 4.78 is 0. The van der Waals surface area contributed by atoms with E-state index >= 15 is 0 Å². The maximum atomic E-state index is 4.41. The number of nitrogens with zero attached hydrogens (tertiary/aromatic N) is 2. The van der Waals surface area contributed by atoms with Gasteiger partial charge in [0.2, 0.25) is 0 Å². The van der Waals surface area contributed by atoms with Crippen LogP contribution in [0.15, 0.2) is 24.7 Å². The molecule has 2 heterocycles. The first-order chi connectivity index (χ1) is 8.33. The predicted octanol–water partition coefficient (Wildman–Crippen LogP) is 2.03. The van der Waals surface area contributed by atoms with Gasteiger partial charge in [-0.1, -0.05) is 0 Å². The van der Waals surface area contributed by atoms with Crippen molar-refractivity contribution in [2.45, 2.75) is 32.4 Å². The topological polar surface area (TPSA) is 53.6 Å². The molecule has 0 unspecified atom stereocenters. The number of aryl methyl sites for hydroxylation is 1. The van der Waals surface area contributed by atoms with Gasteiger partial charge < -0.3 is 10.3 Å². The van der Waals surface area contributed by atoms with Crippen LogP contribution in [-0.4, -0.2) is 21.0 Å². The maximum absolute atomic E-state index is 4.41. The molecule has 0 spiro atoms. The highest BCUT2D eigenvalue weighted by Gasteiger charge is 2.20. The molecular weight excluding hydrogens is 212 g/mol. The summed E-state index contributed by atoms with van der Waals surface area (Å²) in [5, 5.41) is 3.47. The molecule has 1 aliphatic rings. The van der Waals surface area contributed by atoms with E-state index < -0.39 is 0 Å². The van der Waals surface area contributed by atoms with Crippen LogP contribution in [0.1, 0.15) is 24.1 Å². The number of hydrogen-bond donors (Lipinski definition) is 2. The number of nitrogens with one attached hydrogen (secondary N) is 2. The first-order valence-electron chi connectivity index (χ1n) is 6.01. The molecule has 1 aliphatic carbocycles. The first kappa shape index (κ1) is 10.5. The van der Waals surface area contributed by atoms with E-state index in [0.717, 1.165) is 29.7 Å². The lowest BCUT2D eigenvalue weighted by atomic mass is 10.1. The van der Waals surface area contributed by atoms with E-state index in [0.29, 0.717) is 0 Å². The molecule has 0 amide bonds. The van der Waals surface area contributed by atoms with Crippen LogP contribution in [0.2, 0.25) is 0 Å². The Labute approximate surface area is 101 Å². The Kier molecular flexibility index (Phi) is 2.65. The van der Waals surface area contributed by atoms with Crippen LogP contribution in [0, 0.1) is 6.92 Å². The second kappa shape index (κ2) is 4.30. The monoisotopic (exact) mass is 228 g/mol. The number of hydrogen-bond acceptors (Lipinski definition) is 3. The van der Waals surface area contributed by atoms with E-state index in [4.69, 9.17) is 0 Å². The molecular formula is C13H16N4. The molecule has 2 aromatic heterocycles. The van der Waals surface area contributed by atoms with Crippen molar-refractivity contribution in [1.29, 1.82) is 0 Å². The van der Waals surface area contributed by atoms with Crippen molar-refractivity contribution in [3.63, 3.8) is 0 Å². The zero-order valence-corrected chi connectivity index (χ0v) is 9.90. The minimum Gasteiger partial charge on any atom is -0.341 e. The summed E-state index contributed by atoms with van der Waals surface area (Å²) in [4.78, 5) is 11.9. The smallest absolute Gasteiger partial charge is 0.139 e. The maximum Gasteiger partial charge on any atom is 0.139 e. The van der Waals surface area contributed by atoms with Crippen molar-refractivity contribution in [2.24, 2.45) is 0 Å². The molecule has 17 heavy (non-hydrogen) atoms. The highest BCUT2D eigenvalue weighted by Crippen LogP contribution is 2.21. The van der Waals surface area contributed by atoms with Gasteiger partial charge in [-0.15, -0.1) is 0 Å². The normalized spacial score (nSPS) is 15.1. The van der Waals surface area contributed by atoms with E-state index in [1.54, 1.807) is 6.20 Å². The average Bonchev–Trinajstić information content (AvgIpc) is 3.06. The zero-order valence-electron chi connectivity index (χ0n) is 9.90. The number of aromatic amines is 1. The van der Waals surface area contributed by atoms with Crippen molar-refractivity contribution in [3.8, 4) is 11.4 Å². The Hall–Kier alpha value is -1.68. The molecule has 4 nitrogen and oxygen atoms in total. The molecule has 0 saturated heterocycles. The fourth-order valence-electron chi connectivity index (χ4n) is 1.84. The van der Waals surface area contributed by atoms with Crippen molar-refractivity contribution >= 4 is 0 Å². The minimum absolute atomic E-state index is 0.724. The van der Waals surface area contributed by atoms with E-state index in [-0.39, 0.29) is 0 Å². The fourth-order valence-corrected chi connectivity index (χ4v) is 1.84. The number of H-pyrrole nitrogens is 1. The van der Waals surface area contributed by atoms with E-state index in [1.807, 2.05) is 18.5 Å². The van der Waals surface area contributed by atoms with Crippen LogP contribution in [0.5, 0.6) is 0 Å². The van der Waals surface area contributed by atoms with Gasteiger partial charge >= 0.3 is 0 Å². The molecule has 0 aliphatic heterocycles. The van der Waals surface area contributed by atoms with E-state index in [2.05, 4.69) is 27.2 Å². The minimum atomic E-state index is 0.724. The summed E-state index contributed by atoms with van der Waals surface area (Å²) in [5.41, 5.74) is 3.40. The van der Waals surface area contributed by atoms with Gasteiger partial charge in [-0.3, -0.25) is 4.98 Å². The number of pyridine rings is 1. The Morgan fingerprint density at radius 1 is 1.41 bits per heavy atom. The summed E-state index contributed by atoms with van der Waals surface area (Å²) in [6.45, 7) is 2.94. The highest BCUT2D eigenvalue weighted by molar-refractivity contribution is 5.58. The van der Waals surface area contributed by atoms with Crippen molar-refractivity contribution in [2.75, 3.05) is 0 Å². The lowest BCUT2D eigenvalue weighted by Gasteiger charge is -2.01. The third kappa shape index (κ3) is 2.36. The van der Waals surface area contributed by atoms with Gasteiger partial charge in [-0.05, 0) is 31.4 Å². The van der Waals surface area contributed by atoms with E-state index in [1.165, 1.54) is 18.4 Å². The molecule has 1 fully saturated rings. The first-order valence-corrected chi connectivity index (χ1v) is 6.01. The number of rotatable bonds is 4. The van der Waals surface area contributed by atoms with Crippen molar-refractivity contribution < 1.29 is 0 Å². The SMILES string of the molecule is Cc1ccncc1-c1ncc(CNC2CC2)[nH]1. The molecule has 2 aromatic rings. The van der Waals surface area contributed by atoms with E-state index in [9.17, 15) is 0 Å². The van der Waals surface area contributed by atoms with Gasteiger partial charge in [0.1, 0.15) is 5.82 Å². The molecule has 0 aromatic carbocycles. The zero-order chi connectivity index (χ0) is 11.7. The van der Waals surface area contributed by atoms with Crippen LogP contribution in [0.25, 0.3) is 11.4 Å². The largest absolute Gasteiger partial charge is 0.341 e. The lowest BCUT2D eigenvalue weighted by Crippen LogP contribution is -2.15. The highest BCUT2D eigenvalue weighted by atomic mass is 15.0. The van der Waals surface area contributed by atoms with Crippen LogP contribution in [0.3, 0.4) is 0 Å². The Balaban J connectivity index is 1.77. The van der Waals surface area contributed by atoms with Crippen molar-refractivity contribution in [1.82, 2.24) is 20.3 Å². The molecule has 3 rings (SSSR count). The van der Waals surface area contributed by atoms with Gasteiger partial charge in [0.25, 0.3) is 0 Å². The number of imidazole rings is 1. The molecule has 0 bridgehead atoms. The molecule has 0 atom stereocenters. The van der Waals surface area contributed by atoms with Crippen molar-refractivity contribution in [3.05, 3.63) is 35.9 Å². The second-order valence-electron chi connectivity index (χ2n) is 4.60. The summed E-state index contributed by atoms with van der Waals surface area (Å²) in [5.74, 6) is 0.906.